The molecule has 0 radical (unpaired) electrons. The van der Waals surface area contributed by atoms with Crippen LogP contribution in [0.3, 0.4) is 0 Å². The first-order valence-corrected chi connectivity index (χ1v) is 8.16. The minimum absolute atomic E-state index is 0.267. The number of nitrogens with zero attached hydrogens (tertiary/aromatic N) is 1. The van der Waals surface area contributed by atoms with E-state index in [-0.39, 0.29) is 11.6 Å². The van der Waals surface area contributed by atoms with Gasteiger partial charge in [-0.3, -0.25) is 5.32 Å². The summed E-state index contributed by atoms with van der Waals surface area (Å²) in [6.45, 7) is 5.96. The Kier molecular flexibility index (Phi) is 5.06. The Morgan fingerprint density at radius 2 is 2.23 bits per heavy atom. The lowest BCUT2D eigenvalue weighted by Crippen LogP contribution is -3.06. The molecule has 0 aromatic carbocycles. The van der Waals surface area contributed by atoms with Gasteiger partial charge in [-0.1, -0.05) is 0 Å². The van der Waals surface area contributed by atoms with Crippen LogP contribution in [0.5, 0.6) is 0 Å². The predicted molar refractivity (Wildman–Crippen MR) is 86.3 cm³/mol. The molecule has 22 heavy (non-hydrogen) atoms. The van der Waals surface area contributed by atoms with Gasteiger partial charge in [-0.15, -0.1) is 11.3 Å². The molecule has 0 unspecified atom stereocenters. The maximum Gasteiger partial charge on any atom is 0.320 e. The number of amides is 2. The molecule has 7 heteroatoms. The molecule has 2 rings (SSSR count). The van der Waals surface area contributed by atoms with Crippen LogP contribution in [0, 0.1) is 11.3 Å². The molecule has 1 aliphatic rings. The van der Waals surface area contributed by atoms with Crippen molar-refractivity contribution in [3.05, 3.63) is 16.0 Å². The number of carbonyl (C=O) groups is 1. The quantitative estimate of drug-likeness (QED) is 0.765. The van der Waals surface area contributed by atoms with E-state index in [1.165, 1.54) is 16.2 Å². The molecule has 0 aliphatic carbocycles. The fourth-order valence-electron chi connectivity index (χ4n) is 2.33. The van der Waals surface area contributed by atoms with Crippen LogP contribution in [0.1, 0.15) is 29.9 Å². The Morgan fingerprint density at radius 1 is 1.50 bits per heavy atom. The van der Waals surface area contributed by atoms with Gasteiger partial charge >= 0.3 is 6.03 Å². The number of urea groups is 1. The maximum atomic E-state index is 11.9. The first kappa shape index (κ1) is 16.7. The molecule has 2 amide bonds. The summed E-state index contributed by atoms with van der Waals surface area (Å²) < 4.78 is 5.77. The number of fused-ring (bicyclic) bond motifs is 1. The number of nitrogens with one attached hydrogen (secondary N) is 3. The number of anilines is 1. The summed E-state index contributed by atoms with van der Waals surface area (Å²) in [7, 11) is 4.06. The lowest BCUT2D eigenvalue weighted by atomic mass is 9.93. The Balaban J connectivity index is 2.08. The summed E-state index contributed by atoms with van der Waals surface area (Å²) in [6.07, 6.45) is 0.689. The van der Waals surface area contributed by atoms with Crippen molar-refractivity contribution in [1.82, 2.24) is 5.32 Å². The molecule has 0 saturated carbocycles. The average Bonchev–Trinajstić information content (AvgIpc) is 2.73. The second kappa shape index (κ2) is 6.65. The first-order chi connectivity index (χ1) is 10.3. The Bertz CT molecular complexity index is 601. The first-order valence-electron chi connectivity index (χ1n) is 7.35. The largest absolute Gasteiger partial charge is 0.370 e. The van der Waals surface area contributed by atoms with Gasteiger partial charge in [-0.25, -0.2) is 4.79 Å². The standard InChI is InChI=1S/C15H22N4O2S/c1-15(2)7-10-11(8-16)13(22-12(10)9-21-15)18-14(20)17-5-6-19(3)4/h5-7,9H2,1-4H3,(H2,17,18,20)/p+1. The minimum atomic E-state index is -0.270. The Hall–Kier alpha value is -1.62. The number of thiophene rings is 1. The Morgan fingerprint density at radius 3 is 2.86 bits per heavy atom. The second-order valence-corrected chi connectivity index (χ2v) is 7.49. The highest BCUT2D eigenvalue weighted by Gasteiger charge is 2.31. The monoisotopic (exact) mass is 323 g/mol. The van der Waals surface area contributed by atoms with Gasteiger partial charge in [0.05, 0.1) is 45.0 Å². The van der Waals surface area contributed by atoms with Crippen molar-refractivity contribution >= 4 is 22.4 Å². The van der Waals surface area contributed by atoms with Crippen LogP contribution >= 0.6 is 11.3 Å². The Labute approximate surface area is 135 Å². The highest BCUT2D eigenvalue weighted by molar-refractivity contribution is 7.16. The van der Waals surface area contributed by atoms with Crippen molar-refractivity contribution in [2.45, 2.75) is 32.5 Å². The second-order valence-electron chi connectivity index (χ2n) is 6.38. The third-order valence-corrected chi connectivity index (χ3v) is 4.66. The van der Waals surface area contributed by atoms with Crippen molar-refractivity contribution in [3.8, 4) is 6.07 Å². The van der Waals surface area contributed by atoms with Crippen molar-refractivity contribution in [3.63, 3.8) is 0 Å². The van der Waals surface area contributed by atoms with Gasteiger partial charge in [0.1, 0.15) is 11.1 Å². The summed E-state index contributed by atoms with van der Waals surface area (Å²) in [5, 5.41) is 15.7. The van der Waals surface area contributed by atoms with E-state index in [9.17, 15) is 10.1 Å². The van der Waals surface area contributed by atoms with Gasteiger partial charge in [0.15, 0.2) is 0 Å². The van der Waals surface area contributed by atoms with E-state index in [4.69, 9.17) is 4.74 Å². The predicted octanol–water partition coefficient (Wildman–Crippen LogP) is 0.737. The summed E-state index contributed by atoms with van der Waals surface area (Å²) in [6, 6.07) is 1.96. The lowest BCUT2D eigenvalue weighted by molar-refractivity contribution is -0.856. The van der Waals surface area contributed by atoms with E-state index in [0.29, 0.717) is 30.1 Å². The smallest absolute Gasteiger partial charge is 0.320 e. The zero-order valence-electron chi connectivity index (χ0n) is 13.5. The van der Waals surface area contributed by atoms with Crippen molar-refractivity contribution < 1.29 is 14.4 Å². The van der Waals surface area contributed by atoms with Gasteiger partial charge < -0.3 is 15.0 Å². The van der Waals surface area contributed by atoms with Crippen LogP contribution in [0.25, 0.3) is 0 Å². The van der Waals surface area contributed by atoms with Gasteiger partial charge in [0.2, 0.25) is 0 Å². The van der Waals surface area contributed by atoms with Crippen LogP contribution in [0.4, 0.5) is 9.80 Å². The molecule has 1 aliphatic heterocycles. The fraction of sp³-hybridized carbons (Fsp3) is 0.600. The van der Waals surface area contributed by atoms with E-state index < -0.39 is 0 Å². The van der Waals surface area contributed by atoms with E-state index in [0.717, 1.165) is 17.0 Å². The molecule has 0 spiro atoms. The third-order valence-electron chi connectivity index (χ3n) is 3.54. The molecule has 0 fully saturated rings. The van der Waals surface area contributed by atoms with Crippen LogP contribution in [-0.4, -0.2) is 38.8 Å². The van der Waals surface area contributed by atoms with E-state index in [1.807, 2.05) is 27.9 Å². The molecule has 3 N–H and O–H groups in total. The minimum Gasteiger partial charge on any atom is -0.370 e. The SMILES string of the molecule is C[NH+](C)CCNC(=O)Nc1sc2c(c1C#N)CC(C)(C)OC2. The van der Waals surface area contributed by atoms with E-state index >= 15 is 0 Å². The topological polar surface area (TPSA) is 78.6 Å². The lowest BCUT2D eigenvalue weighted by Gasteiger charge is -2.29. The number of carbonyl (C=O) groups excluding carboxylic acids is 1. The van der Waals surface area contributed by atoms with Crippen LogP contribution in [0.2, 0.25) is 0 Å². The van der Waals surface area contributed by atoms with Crippen LogP contribution in [0.15, 0.2) is 0 Å². The molecule has 6 nitrogen and oxygen atoms in total. The van der Waals surface area contributed by atoms with Crippen LogP contribution < -0.4 is 15.5 Å². The molecule has 0 bridgehead atoms. The fourth-order valence-corrected chi connectivity index (χ4v) is 3.41. The molecular weight excluding hydrogens is 300 g/mol. The number of hydrogen-bond acceptors (Lipinski definition) is 4. The highest BCUT2D eigenvalue weighted by Crippen LogP contribution is 2.39. The zero-order chi connectivity index (χ0) is 16.3. The number of likely N-dealkylation sites (N-methyl/N-ethyl adjacent to an activating group) is 1. The summed E-state index contributed by atoms with van der Waals surface area (Å²) in [5.41, 5.74) is 1.31. The highest BCUT2D eigenvalue weighted by atomic mass is 32.1. The molecule has 2 heterocycles. The van der Waals surface area contributed by atoms with E-state index in [2.05, 4.69) is 16.7 Å². The number of hydrogen-bond donors (Lipinski definition) is 3. The normalized spacial score (nSPS) is 16.0. The van der Waals surface area contributed by atoms with Crippen LogP contribution in [-0.2, 0) is 17.8 Å². The van der Waals surface area contributed by atoms with Crippen molar-refractivity contribution in [1.29, 1.82) is 5.26 Å². The van der Waals surface area contributed by atoms with Gasteiger partial charge in [-0.2, -0.15) is 5.26 Å². The van der Waals surface area contributed by atoms with Crippen molar-refractivity contribution in [2.24, 2.45) is 0 Å². The molecular formula is C15H23N4O2S+. The molecule has 0 atom stereocenters. The number of rotatable bonds is 4. The number of ether oxygens (including phenoxy) is 1. The molecule has 120 valence electrons. The summed E-state index contributed by atoms with van der Waals surface area (Å²) in [5.74, 6) is 0. The molecule has 1 aromatic rings. The molecule has 1 aromatic heterocycles. The molecule has 0 saturated heterocycles. The zero-order valence-corrected chi connectivity index (χ0v) is 14.3. The van der Waals surface area contributed by atoms with Gasteiger partial charge in [-0.05, 0) is 19.4 Å². The number of quaternary nitrogens is 1. The average molecular weight is 323 g/mol. The summed E-state index contributed by atoms with van der Waals surface area (Å²) >= 11 is 1.43. The van der Waals surface area contributed by atoms with Crippen molar-refractivity contribution in [2.75, 3.05) is 32.5 Å². The summed E-state index contributed by atoms with van der Waals surface area (Å²) in [4.78, 5) is 14.2. The third kappa shape index (κ3) is 3.97. The van der Waals surface area contributed by atoms with Gasteiger partial charge in [0.25, 0.3) is 0 Å². The van der Waals surface area contributed by atoms with Gasteiger partial charge in [0, 0.05) is 11.3 Å². The van der Waals surface area contributed by atoms with E-state index in [1.54, 1.807) is 0 Å². The number of nitriles is 1. The maximum absolute atomic E-state index is 11.9.